The summed E-state index contributed by atoms with van der Waals surface area (Å²) < 4.78 is 16.4. The van der Waals surface area contributed by atoms with Crippen LogP contribution >= 0.6 is 0 Å². The molecule has 0 radical (unpaired) electrons. The van der Waals surface area contributed by atoms with Gasteiger partial charge in [0, 0.05) is 31.6 Å². The van der Waals surface area contributed by atoms with Crippen LogP contribution in [0.25, 0.3) is 0 Å². The number of hydrogen-bond donors (Lipinski definition) is 1. The van der Waals surface area contributed by atoms with Gasteiger partial charge in [0.05, 0.1) is 6.61 Å². The molecule has 1 saturated carbocycles. The number of carbonyl (C=O) groups excluding carboxylic acids is 2. The third-order valence-electron chi connectivity index (χ3n) is 7.74. The van der Waals surface area contributed by atoms with Crippen LogP contribution in [0.4, 0.5) is 4.79 Å². The summed E-state index contributed by atoms with van der Waals surface area (Å²) in [5.41, 5.74) is 1.44. The first-order chi connectivity index (χ1) is 16.1. The zero-order valence-corrected chi connectivity index (χ0v) is 19.5. The van der Waals surface area contributed by atoms with Crippen LogP contribution in [0.3, 0.4) is 0 Å². The van der Waals surface area contributed by atoms with Gasteiger partial charge in [-0.15, -0.1) is 0 Å². The van der Waals surface area contributed by atoms with Gasteiger partial charge in [0.2, 0.25) is 5.91 Å². The van der Waals surface area contributed by atoms with Crippen LogP contribution in [-0.2, 0) is 16.1 Å². The van der Waals surface area contributed by atoms with Crippen LogP contribution in [-0.4, -0.2) is 73.8 Å². The van der Waals surface area contributed by atoms with Crippen molar-refractivity contribution in [3.05, 3.63) is 23.8 Å². The van der Waals surface area contributed by atoms with Crippen molar-refractivity contribution in [2.75, 3.05) is 46.0 Å². The van der Waals surface area contributed by atoms with Gasteiger partial charge in [-0.1, -0.05) is 6.07 Å². The Bertz CT molecular complexity index is 875. The maximum absolute atomic E-state index is 12.9. The molecule has 1 aliphatic carbocycles. The molecule has 0 bridgehead atoms. The van der Waals surface area contributed by atoms with E-state index in [2.05, 4.69) is 22.3 Å². The molecule has 8 heteroatoms. The van der Waals surface area contributed by atoms with E-state index >= 15 is 0 Å². The summed E-state index contributed by atoms with van der Waals surface area (Å²) >= 11 is 0. The summed E-state index contributed by atoms with van der Waals surface area (Å²) in [6.07, 6.45) is 4.53. The highest BCUT2D eigenvalue weighted by molar-refractivity contribution is 5.83. The highest BCUT2D eigenvalue weighted by atomic mass is 16.6. The van der Waals surface area contributed by atoms with Crippen LogP contribution in [0.5, 0.6) is 11.5 Å². The second-order valence-corrected chi connectivity index (χ2v) is 9.84. The summed E-state index contributed by atoms with van der Waals surface area (Å²) in [7, 11) is 0. The van der Waals surface area contributed by atoms with E-state index in [9.17, 15) is 9.59 Å². The van der Waals surface area contributed by atoms with Crippen molar-refractivity contribution in [2.24, 2.45) is 11.3 Å². The monoisotopic (exact) mass is 457 g/mol. The first kappa shape index (κ1) is 22.3. The maximum Gasteiger partial charge on any atom is 0.409 e. The number of likely N-dealkylation sites (tertiary alicyclic amines) is 2. The van der Waals surface area contributed by atoms with Crippen molar-refractivity contribution in [1.29, 1.82) is 0 Å². The number of carbonyl (C=O) groups is 2. The molecule has 1 N–H and O–H groups in total. The minimum atomic E-state index is -0.244. The summed E-state index contributed by atoms with van der Waals surface area (Å²) in [5.74, 6) is 2.04. The number of amides is 2. The molecule has 8 nitrogen and oxygen atoms in total. The van der Waals surface area contributed by atoms with Gasteiger partial charge in [0.1, 0.15) is 13.2 Å². The highest BCUT2D eigenvalue weighted by Gasteiger charge is 2.58. The third kappa shape index (κ3) is 4.90. The number of ether oxygens (including phenoxy) is 3. The summed E-state index contributed by atoms with van der Waals surface area (Å²) in [6.45, 7) is 7.68. The molecule has 3 aliphatic heterocycles. The van der Waals surface area contributed by atoms with Gasteiger partial charge >= 0.3 is 6.09 Å². The minimum absolute atomic E-state index is 0.150. The third-order valence-corrected chi connectivity index (χ3v) is 7.74. The van der Waals surface area contributed by atoms with Gasteiger partial charge in [-0.25, -0.2) is 4.79 Å². The van der Waals surface area contributed by atoms with Crippen molar-refractivity contribution in [3.63, 3.8) is 0 Å². The molecule has 1 atom stereocenters. The van der Waals surface area contributed by atoms with Gasteiger partial charge in [0.25, 0.3) is 0 Å². The molecule has 2 saturated heterocycles. The predicted octanol–water partition coefficient (Wildman–Crippen LogP) is 2.80. The molecule has 1 aromatic rings. The van der Waals surface area contributed by atoms with Gasteiger partial charge in [-0.05, 0) is 75.2 Å². The lowest BCUT2D eigenvalue weighted by Crippen LogP contribution is -2.47. The van der Waals surface area contributed by atoms with E-state index in [1.54, 1.807) is 4.90 Å². The Hall–Kier alpha value is -2.48. The standard InChI is InChI=1S/C25H35N3O5/c1-2-31-24(30)28-9-5-19(6-10-28)26-23(29)20-16-25(20)7-11-27(12-8-25)17-18-3-4-21-22(15-18)33-14-13-32-21/h3-4,15,19-20H,2,5-14,16-17H2,1H3,(H,26,29)/t20-/m0/s1. The first-order valence-corrected chi connectivity index (χ1v) is 12.4. The average molecular weight is 458 g/mol. The molecule has 1 aromatic carbocycles. The van der Waals surface area contributed by atoms with Crippen molar-refractivity contribution >= 4 is 12.0 Å². The molecule has 1 spiro atoms. The summed E-state index contributed by atoms with van der Waals surface area (Å²) in [5, 5.41) is 3.27. The smallest absolute Gasteiger partial charge is 0.409 e. The van der Waals surface area contributed by atoms with Crippen LogP contribution in [0.1, 0.15) is 44.6 Å². The normalized spacial score (nSPS) is 24.4. The van der Waals surface area contributed by atoms with E-state index in [0.29, 0.717) is 32.9 Å². The minimum Gasteiger partial charge on any atom is -0.486 e. The second kappa shape index (κ2) is 9.41. The number of rotatable bonds is 5. The van der Waals surface area contributed by atoms with Gasteiger partial charge in [-0.2, -0.15) is 0 Å². The number of fused-ring (bicyclic) bond motifs is 1. The zero-order valence-electron chi connectivity index (χ0n) is 19.5. The quantitative estimate of drug-likeness (QED) is 0.733. The number of nitrogens with one attached hydrogen (secondary N) is 1. The molecule has 5 rings (SSSR count). The van der Waals surface area contributed by atoms with Crippen LogP contribution in [0, 0.1) is 11.3 Å². The Morgan fingerprint density at radius 3 is 2.55 bits per heavy atom. The van der Waals surface area contributed by atoms with Crippen LogP contribution in [0.2, 0.25) is 0 Å². The van der Waals surface area contributed by atoms with Crippen molar-refractivity contribution in [2.45, 2.75) is 51.6 Å². The molecule has 180 valence electrons. The largest absolute Gasteiger partial charge is 0.486 e. The van der Waals surface area contributed by atoms with E-state index in [1.165, 1.54) is 5.56 Å². The molecular formula is C25H35N3O5. The molecule has 0 unspecified atom stereocenters. The fourth-order valence-corrected chi connectivity index (χ4v) is 5.59. The van der Waals surface area contributed by atoms with Crippen LogP contribution in [0.15, 0.2) is 18.2 Å². The zero-order chi connectivity index (χ0) is 22.8. The van der Waals surface area contributed by atoms with E-state index in [0.717, 1.165) is 63.2 Å². The van der Waals surface area contributed by atoms with Gasteiger partial charge < -0.3 is 24.4 Å². The second-order valence-electron chi connectivity index (χ2n) is 9.84. The van der Waals surface area contributed by atoms with Gasteiger partial charge in [-0.3, -0.25) is 9.69 Å². The Balaban J connectivity index is 1.06. The fraction of sp³-hybridized carbons (Fsp3) is 0.680. The summed E-state index contributed by atoms with van der Waals surface area (Å²) in [6, 6.07) is 6.39. The predicted molar refractivity (Wildman–Crippen MR) is 122 cm³/mol. The average Bonchev–Trinajstić information content (AvgIpc) is 3.55. The molecule has 4 aliphatic rings. The number of nitrogens with zero attached hydrogens (tertiary/aromatic N) is 2. The Morgan fingerprint density at radius 2 is 1.82 bits per heavy atom. The van der Waals surface area contributed by atoms with Crippen LogP contribution < -0.4 is 14.8 Å². The van der Waals surface area contributed by atoms with E-state index < -0.39 is 0 Å². The van der Waals surface area contributed by atoms with Crippen molar-refractivity contribution in [1.82, 2.24) is 15.1 Å². The topological polar surface area (TPSA) is 80.3 Å². The van der Waals surface area contributed by atoms with Crippen molar-refractivity contribution < 1.29 is 23.8 Å². The van der Waals surface area contributed by atoms with E-state index in [1.807, 2.05) is 13.0 Å². The molecule has 3 heterocycles. The van der Waals surface area contributed by atoms with Crippen molar-refractivity contribution in [3.8, 4) is 11.5 Å². The molecule has 3 fully saturated rings. The van der Waals surface area contributed by atoms with E-state index in [-0.39, 0.29) is 29.4 Å². The number of hydrogen-bond acceptors (Lipinski definition) is 6. The molecule has 2 amide bonds. The fourth-order valence-electron chi connectivity index (χ4n) is 5.59. The van der Waals surface area contributed by atoms with E-state index in [4.69, 9.17) is 14.2 Å². The highest BCUT2D eigenvalue weighted by Crippen LogP contribution is 2.59. The lowest BCUT2D eigenvalue weighted by molar-refractivity contribution is -0.124. The summed E-state index contributed by atoms with van der Waals surface area (Å²) in [4.78, 5) is 29.0. The first-order valence-electron chi connectivity index (χ1n) is 12.4. The molecular weight excluding hydrogens is 422 g/mol. The number of benzene rings is 1. The lowest BCUT2D eigenvalue weighted by Gasteiger charge is -2.34. The molecule has 33 heavy (non-hydrogen) atoms. The van der Waals surface area contributed by atoms with Gasteiger partial charge in [0.15, 0.2) is 11.5 Å². The Labute approximate surface area is 195 Å². The SMILES string of the molecule is CCOC(=O)N1CCC(NC(=O)[C@@H]2CC23CCN(Cc2ccc4c(c2)OCCO4)CC3)CC1. The number of piperidine rings is 2. The Kier molecular flexibility index (Phi) is 6.36. The lowest BCUT2D eigenvalue weighted by atomic mass is 9.90. The maximum atomic E-state index is 12.9. The molecule has 0 aromatic heterocycles. The Morgan fingerprint density at radius 1 is 1.09 bits per heavy atom.